The molecular weight excluding hydrogens is 202 g/mol. The first-order valence-corrected chi connectivity index (χ1v) is 3.12. The van der Waals surface area contributed by atoms with E-state index in [4.69, 9.17) is 44.7 Å². The maximum absolute atomic E-state index is 9.76. The van der Waals surface area contributed by atoms with E-state index in [0.717, 1.165) is 0 Å². The van der Waals surface area contributed by atoms with Crippen LogP contribution in [0.3, 0.4) is 0 Å². The second-order valence-electron chi connectivity index (χ2n) is 1.19. The smallest absolute Gasteiger partial charge is 0.307 e. The topological polar surface area (TPSA) is 54.4 Å². The summed E-state index contributed by atoms with van der Waals surface area (Å²) in [4.78, 5) is 17.8. The Hall–Kier alpha value is 0.01000. The predicted molar refractivity (Wildman–Crippen MR) is 39.7 cm³/mol. The third kappa shape index (κ3) is 15.7. The van der Waals surface area contributed by atoms with Crippen LogP contribution < -0.4 is 0 Å². The molecular formula is C4H5Cl3O3. The van der Waals surface area contributed by atoms with Gasteiger partial charge in [0.2, 0.25) is 3.79 Å². The van der Waals surface area contributed by atoms with Gasteiger partial charge in [0, 0.05) is 0 Å². The summed E-state index contributed by atoms with van der Waals surface area (Å²) < 4.78 is -1.66. The summed E-state index contributed by atoms with van der Waals surface area (Å²) in [5.74, 6) is -1.12. The highest BCUT2D eigenvalue weighted by Gasteiger charge is 2.23. The highest BCUT2D eigenvalue weighted by molar-refractivity contribution is 6.68. The van der Waals surface area contributed by atoms with Gasteiger partial charge in [-0.15, -0.1) is 0 Å². The molecule has 0 bridgehead atoms. The third-order valence-electron chi connectivity index (χ3n) is 0.352. The second kappa shape index (κ2) is 5.77. The zero-order valence-corrected chi connectivity index (χ0v) is 7.08. The monoisotopic (exact) mass is 206 g/mol. The Morgan fingerprint density at radius 1 is 1.40 bits per heavy atom. The summed E-state index contributed by atoms with van der Waals surface area (Å²) in [5, 5.41) is 8.00. The van der Waals surface area contributed by atoms with Gasteiger partial charge in [0.05, 0.1) is 6.42 Å². The van der Waals surface area contributed by atoms with Crippen LogP contribution in [0.4, 0.5) is 0 Å². The van der Waals surface area contributed by atoms with Crippen molar-refractivity contribution in [2.24, 2.45) is 0 Å². The van der Waals surface area contributed by atoms with Crippen LogP contribution >= 0.6 is 34.8 Å². The Morgan fingerprint density at radius 2 is 1.70 bits per heavy atom. The van der Waals surface area contributed by atoms with E-state index < -0.39 is 16.2 Å². The number of hydrogen-bond acceptors (Lipinski definition) is 2. The average Bonchev–Trinajstić information content (AvgIpc) is 1.64. The van der Waals surface area contributed by atoms with E-state index >= 15 is 0 Å². The van der Waals surface area contributed by atoms with Gasteiger partial charge in [-0.1, -0.05) is 34.8 Å². The molecule has 0 unspecified atom stereocenters. The van der Waals surface area contributed by atoms with Gasteiger partial charge in [-0.2, -0.15) is 0 Å². The minimum Gasteiger partial charge on any atom is -0.481 e. The fourth-order valence-corrected chi connectivity index (χ4v) is 0.514. The summed E-state index contributed by atoms with van der Waals surface area (Å²) in [6, 6.07) is 0. The van der Waals surface area contributed by atoms with Crippen molar-refractivity contribution in [2.45, 2.75) is 10.2 Å². The van der Waals surface area contributed by atoms with Crippen molar-refractivity contribution in [3.05, 3.63) is 0 Å². The molecule has 0 aromatic rings. The lowest BCUT2D eigenvalue weighted by Crippen LogP contribution is -2.09. The Balaban J connectivity index is 0. The number of halogens is 3. The lowest BCUT2D eigenvalue weighted by molar-refractivity contribution is -0.136. The molecule has 0 aliphatic heterocycles. The molecule has 0 saturated heterocycles. The van der Waals surface area contributed by atoms with Gasteiger partial charge in [0.15, 0.2) is 0 Å². The molecule has 0 aromatic carbocycles. The van der Waals surface area contributed by atoms with E-state index in [-0.39, 0.29) is 0 Å². The van der Waals surface area contributed by atoms with Gasteiger partial charge in [-0.3, -0.25) is 4.79 Å². The number of carbonyl (C=O) groups excluding carboxylic acids is 1. The minimum absolute atomic E-state index is 0.461. The van der Waals surface area contributed by atoms with E-state index in [2.05, 4.69) is 0 Å². The first-order valence-electron chi connectivity index (χ1n) is 1.99. The number of carboxylic acids is 1. The lowest BCUT2D eigenvalue weighted by atomic mass is 10.5. The summed E-state index contributed by atoms with van der Waals surface area (Å²) in [6.45, 7) is 2.00. The first kappa shape index (κ1) is 12.7. The number of carbonyl (C=O) groups is 2. The molecule has 0 radical (unpaired) electrons. The zero-order valence-electron chi connectivity index (χ0n) is 4.81. The summed E-state index contributed by atoms with van der Waals surface area (Å²) in [5.41, 5.74) is 0. The highest BCUT2D eigenvalue weighted by atomic mass is 35.6. The van der Waals surface area contributed by atoms with Crippen LogP contribution in [0.2, 0.25) is 0 Å². The molecule has 0 aliphatic carbocycles. The molecule has 0 heterocycles. The number of hydrogen-bond donors (Lipinski definition) is 1. The van der Waals surface area contributed by atoms with Crippen LogP contribution in [-0.4, -0.2) is 21.7 Å². The summed E-state index contributed by atoms with van der Waals surface area (Å²) >= 11 is 15.2. The molecule has 0 aliphatic rings. The first-order chi connectivity index (χ1) is 4.42. The van der Waals surface area contributed by atoms with Crippen molar-refractivity contribution in [3.63, 3.8) is 0 Å². The van der Waals surface area contributed by atoms with Gasteiger partial charge >= 0.3 is 5.97 Å². The molecule has 60 valence electrons. The van der Waals surface area contributed by atoms with Gasteiger partial charge < -0.3 is 9.90 Å². The van der Waals surface area contributed by atoms with E-state index in [9.17, 15) is 4.79 Å². The van der Waals surface area contributed by atoms with Gasteiger partial charge in [-0.25, -0.2) is 0 Å². The predicted octanol–water partition coefficient (Wildman–Crippen LogP) is 1.65. The van der Waals surface area contributed by atoms with Crippen molar-refractivity contribution in [1.82, 2.24) is 0 Å². The maximum atomic E-state index is 9.76. The molecule has 6 heteroatoms. The summed E-state index contributed by atoms with van der Waals surface area (Å²) in [6.07, 6.45) is -0.461. The fraction of sp³-hybridized carbons (Fsp3) is 0.500. The number of aliphatic carboxylic acids is 1. The molecule has 0 spiro atoms. The van der Waals surface area contributed by atoms with E-state index in [1.807, 2.05) is 6.79 Å². The maximum Gasteiger partial charge on any atom is 0.307 e. The molecule has 1 N–H and O–H groups in total. The highest BCUT2D eigenvalue weighted by Crippen LogP contribution is 2.29. The Labute approximate surface area is 72.9 Å². The number of alkyl halides is 3. The SMILES string of the molecule is C=O.O=C(O)CC(Cl)(Cl)Cl. The largest absolute Gasteiger partial charge is 0.481 e. The zero-order chi connectivity index (χ0) is 8.78. The molecule has 0 rings (SSSR count). The lowest BCUT2D eigenvalue weighted by Gasteiger charge is -2.03. The van der Waals surface area contributed by atoms with Crippen molar-refractivity contribution >= 4 is 47.6 Å². The summed E-state index contributed by atoms with van der Waals surface area (Å²) in [7, 11) is 0. The normalized spacial score (nSPS) is 9.50. The molecule has 10 heavy (non-hydrogen) atoms. The average molecular weight is 207 g/mol. The van der Waals surface area contributed by atoms with Crippen LogP contribution in [0.5, 0.6) is 0 Å². The fourth-order valence-electron chi connectivity index (χ4n) is 0.171. The minimum atomic E-state index is -1.66. The van der Waals surface area contributed by atoms with E-state index in [0.29, 0.717) is 0 Å². The molecule has 0 aromatic heterocycles. The third-order valence-corrected chi connectivity index (χ3v) is 0.753. The van der Waals surface area contributed by atoms with Gasteiger partial charge in [0.25, 0.3) is 0 Å². The molecule has 0 fully saturated rings. The van der Waals surface area contributed by atoms with Crippen LogP contribution in [-0.2, 0) is 9.59 Å². The molecule has 3 nitrogen and oxygen atoms in total. The van der Waals surface area contributed by atoms with Crippen LogP contribution in [0.25, 0.3) is 0 Å². The van der Waals surface area contributed by atoms with Gasteiger partial charge in [0.1, 0.15) is 6.79 Å². The van der Waals surface area contributed by atoms with Crippen LogP contribution in [0.1, 0.15) is 6.42 Å². The Bertz CT molecular complexity index is 109. The number of rotatable bonds is 1. The van der Waals surface area contributed by atoms with Gasteiger partial charge in [-0.05, 0) is 0 Å². The molecule has 0 amide bonds. The van der Waals surface area contributed by atoms with Crippen molar-refractivity contribution in [2.75, 3.05) is 0 Å². The standard InChI is InChI=1S/C3H3Cl3O2.CH2O/c4-3(5,6)1-2(7)8;1-2/h1H2,(H,7,8);1H2. The van der Waals surface area contributed by atoms with Crippen molar-refractivity contribution < 1.29 is 14.7 Å². The van der Waals surface area contributed by atoms with E-state index in [1.54, 1.807) is 0 Å². The van der Waals surface area contributed by atoms with Crippen LogP contribution in [0, 0.1) is 0 Å². The molecule has 0 atom stereocenters. The second-order valence-corrected chi connectivity index (χ2v) is 3.70. The molecule has 0 saturated carbocycles. The van der Waals surface area contributed by atoms with Crippen molar-refractivity contribution in [3.8, 4) is 0 Å². The quantitative estimate of drug-likeness (QED) is 0.665. The number of carboxylic acid groups (broad SMARTS) is 1. The van der Waals surface area contributed by atoms with Crippen LogP contribution in [0.15, 0.2) is 0 Å². The van der Waals surface area contributed by atoms with Crippen molar-refractivity contribution in [1.29, 1.82) is 0 Å². The Morgan fingerprint density at radius 3 is 1.70 bits per heavy atom. The Kier molecular flexibility index (Phi) is 7.31. The van der Waals surface area contributed by atoms with E-state index in [1.165, 1.54) is 0 Å².